The number of aromatic nitrogens is 2. The van der Waals surface area contributed by atoms with Gasteiger partial charge in [0, 0.05) is 6.04 Å². The van der Waals surface area contributed by atoms with Crippen molar-refractivity contribution in [2.75, 3.05) is 0 Å². The summed E-state index contributed by atoms with van der Waals surface area (Å²) in [5.74, 6) is -2.61. The summed E-state index contributed by atoms with van der Waals surface area (Å²) in [6.45, 7) is 3.37. The number of aliphatic hydroxyl groups is 4. The first kappa shape index (κ1) is 18.8. The summed E-state index contributed by atoms with van der Waals surface area (Å²) < 4.78 is 6.49. The van der Waals surface area contributed by atoms with Crippen LogP contribution >= 0.6 is 23.2 Å². The highest BCUT2D eigenvalue weighted by molar-refractivity contribution is 6.31. The van der Waals surface area contributed by atoms with E-state index in [1.807, 2.05) is 0 Å². The van der Waals surface area contributed by atoms with Crippen molar-refractivity contribution in [3.8, 4) is 0 Å². The van der Waals surface area contributed by atoms with E-state index in [4.69, 9.17) is 27.9 Å². The molecule has 0 bridgehead atoms. The first-order valence-electron chi connectivity index (χ1n) is 7.60. The van der Waals surface area contributed by atoms with Crippen molar-refractivity contribution in [3.05, 3.63) is 30.6 Å². The van der Waals surface area contributed by atoms with Gasteiger partial charge in [-0.3, -0.25) is 14.6 Å². The number of nitrogens with zero attached hydrogens (tertiary/aromatic N) is 2. The van der Waals surface area contributed by atoms with Gasteiger partial charge in [-0.05, 0) is 26.0 Å². The van der Waals surface area contributed by atoms with Crippen LogP contribution < -0.4 is 5.32 Å². The molecular weight excluding hydrogens is 373 g/mol. The number of benzene rings is 1. The van der Waals surface area contributed by atoms with E-state index in [1.54, 1.807) is 38.1 Å². The van der Waals surface area contributed by atoms with Gasteiger partial charge in [0.05, 0.1) is 11.0 Å². The Hall–Kier alpha value is -0.970. The van der Waals surface area contributed by atoms with Gasteiger partial charge in [-0.2, -0.15) is 0 Å². The Kier molecular flexibility index (Phi) is 4.54. The summed E-state index contributed by atoms with van der Waals surface area (Å²) in [5, 5.41) is 43.0. The summed E-state index contributed by atoms with van der Waals surface area (Å²) in [4.78, 5) is 4.13. The van der Waals surface area contributed by atoms with Crippen molar-refractivity contribution < 1.29 is 25.2 Å². The molecule has 5 atom stereocenters. The quantitative estimate of drug-likeness (QED) is 0.373. The molecule has 0 spiro atoms. The van der Waals surface area contributed by atoms with Gasteiger partial charge in [0.25, 0.3) is 0 Å². The van der Waals surface area contributed by atoms with E-state index < -0.39 is 34.4 Å². The van der Waals surface area contributed by atoms with Crippen molar-refractivity contribution in [3.63, 3.8) is 0 Å². The van der Waals surface area contributed by atoms with Crippen LogP contribution in [-0.2, 0) is 10.6 Å². The van der Waals surface area contributed by atoms with Crippen LogP contribution in [0.25, 0.3) is 11.0 Å². The fourth-order valence-electron chi connectivity index (χ4n) is 3.04. The molecule has 0 radical (unpaired) electrons. The molecule has 10 heteroatoms. The van der Waals surface area contributed by atoms with Crippen LogP contribution in [0.3, 0.4) is 0 Å². The maximum atomic E-state index is 11.2. The van der Waals surface area contributed by atoms with Crippen LogP contribution in [0.2, 0.25) is 0 Å². The van der Waals surface area contributed by atoms with E-state index in [0.29, 0.717) is 11.0 Å². The van der Waals surface area contributed by atoms with E-state index in [-0.39, 0.29) is 0 Å². The molecule has 1 aromatic carbocycles. The van der Waals surface area contributed by atoms with Crippen LogP contribution in [0.5, 0.6) is 0 Å². The van der Waals surface area contributed by atoms with E-state index in [1.165, 1.54) is 6.33 Å². The third-order valence-electron chi connectivity index (χ3n) is 4.18. The predicted molar refractivity (Wildman–Crippen MR) is 90.7 cm³/mol. The summed E-state index contributed by atoms with van der Waals surface area (Å²) in [6.07, 6.45) is -0.754. The number of nitrogens with one attached hydrogen (secondary N) is 1. The van der Waals surface area contributed by atoms with Crippen molar-refractivity contribution >= 4 is 34.2 Å². The summed E-state index contributed by atoms with van der Waals surface area (Å²) in [6, 6.07) is 6.39. The zero-order valence-electron chi connectivity index (χ0n) is 13.5. The Labute approximate surface area is 153 Å². The minimum atomic E-state index is -2.61. The molecule has 3 rings (SSSR count). The van der Waals surface area contributed by atoms with Crippen molar-refractivity contribution in [1.82, 2.24) is 14.9 Å². The van der Waals surface area contributed by atoms with Gasteiger partial charge in [0.2, 0.25) is 10.8 Å². The van der Waals surface area contributed by atoms with Crippen LogP contribution in [0.4, 0.5) is 0 Å². The molecule has 0 amide bonds. The Bertz CT molecular complexity index is 787. The molecule has 1 unspecified atom stereocenters. The molecule has 2 aromatic rings. The van der Waals surface area contributed by atoms with Crippen LogP contribution in [0.1, 0.15) is 13.8 Å². The average Bonchev–Trinajstić information content (AvgIpc) is 3.02. The van der Waals surface area contributed by atoms with Crippen LogP contribution in [0, 0.1) is 0 Å². The number of rotatable bonds is 4. The molecule has 138 valence electrons. The average molecular weight is 392 g/mol. The van der Waals surface area contributed by atoms with Crippen molar-refractivity contribution in [1.29, 1.82) is 0 Å². The minimum absolute atomic E-state index is 0.393. The lowest BCUT2D eigenvalue weighted by Crippen LogP contribution is -2.68. The number of alkyl halides is 2. The first-order valence-corrected chi connectivity index (χ1v) is 8.42. The highest BCUT2D eigenvalue weighted by atomic mass is 35.5. The largest absolute Gasteiger partial charge is 0.384 e. The molecule has 5 N–H and O–H groups in total. The molecule has 25 heavy (non-hydrogen) atoms. The molecule has 1 saturated heterocycles. The molecular formula is C15H19Cl2N3O5. The highest BCUT2D eigenvalue weighted by Crippen LogP contribution is 2.51. The zero-order chi connectivity index (χ0) is 18.6. The Balaban J connectivity index is 2.23. The third kappa shape index (κ3) is 2.56. The zero-order valence-corrected chi connectivity index (χ0v) is 15.0. The second-order valence-electron chi connectivity index (χ2n) is 6.32. The van der Waals surface area contributed by atoms with E-state index >= 15 is 0 Å². The SMILES string of the molecule is CC(C)N[C@@]1(O)[C@@H](O)[C@](Cl)(C(O)Cl)O[C@@]1(O)n1cnc2ccccc21. The Morgan fingerprint density at radius 1 is 1.32 bits per heavy atom. The lowest BCUT2D eigenvalue weighted by Gasteiger charge is -2.39. The first-order chi connectivity index (χ1) is 11.6. The maximum Gasteiger partial charge on any atom is 0.304 e. The number of fused-ring (bicyclic) bond motifs is 1. The van der Waals surface area contributed by atoms with Gasteiger partial charge in [-0.15, -0.1) is 0 Å². The molecule has 1 fully saturated rings. The number of halogens is 2. The second-order valence-corrected chi connectivity index (χ2v) is 7.32. The van der Waals surface area contributed by atoms with Crippen molar-refractivity contribution in [2.45, 2.75) is 48.3 Å². The monoisotopic (exact) mass is 391 g/mol. The molecule has 2 heterocycles. The third-order valence-corrected chi connectivity index (χ3v) is 5.10. The lowest BCUT2D eigenvalue weighted by atomic mass is 9.99. The van der Waals surface area contributed by atoms with Crippen LogP contribution in [-0.4, -0.2) is 58.5 Å². The Morgan fingerprint density at radius 3 is 2.56 bits per heavy atom. The maximum absolute atomic E-state index is 11.2. The second kappa shape index (κ2) is 6.04. The van der Waals surface area contributed by atoms with Gasteiger partial charge in [0.15, 0.2) is 11.7 Å². The van der Waals surface area contributed by atoms with Gasteiger partial charge >= 0.3 is 5.91 Å². The molecule has 1 aliphatic heterocycles. The summed E-state index contributed by atoms with van der Waals surface area (Å²) in [5.41, 5.74) is -3.50. The van der Waals surface area contributed by atoms with E-state index in [9.17, 15) is 20.4 Å². The molecule has 8 nitrogen and oxygen atoms in total. The number of para-hydroxylation sites is 2. The predicted octanol–water partition coefficient (Wildman–Crippen LogP) is 0.209. The number of hydrogen-bond donors (Lipinski definition) is 5. The van der Waals surface area contributed by atoms with Gasteiger partial charge in [-0.1, -0.05) is 35.3 Å². The fraction of sp³-hybridized carbons (Fsp3) is 0.533. The number of imidazole rings is 1. The van der Waals surface area contributed by atoms with Crippen LogP contribution in [0.15, 0.2) is 30.6 Å². The molecule has 0 saturated carbocycles. The molecule has 0 aliphatic carbocycles. The van der Waals surface area contributed by atoms with Gasteiger partial charge in [0.1, 0.15) is 6.33 Å². The normalized spacial score (nSPS) is 37.1. The number of ether oxygens (including phenoxy) is 1. The topological polar surface area (TPSA) is 120 Å². The molecule has 1 aromatic heterocycles. The Morgan fingerprint density at radius 2 is 1.96 bits per heavy atom. The molecule has 1 aliphatic rings. The lowest BCUT2D eigenvalue weighted by molar-refractivity contribution is -0.336. The van der Waals surface area contributed by atoms with Gasteiger partial charge < -0.3 is 20.4 Å². The fourth-order valence-corrected chi connectivity index (χ4v) is 3.47. The summed E-state index contributed by atoms with van der Waals surface area (Å²) >= 11 is 11.8. The number of aliphatic hydroxyl groups excluding tert-OH is 2. The summed E-state index contributed by atoms with van der Waals surface area (Å²) in [7, 11) is 0. The minimum Gasteiger partial charge on any atom is -0.384 e. The van der Waals surface area contributed by atoms with E-state index in [2.05, 4.69) is 10.3 Å². The standard InChI is InChI=1S/C15H19Cl2N3O5/c1-8(2)19-14(23)11(21)13(17,12(16)22)25-15(14,24)20-7-18-9-5-3-4-6-10(9)20/h3-8,11-12,19,21-24H,1-2H3/t11-,12?,13+,14+,15+/m0/s1. The van der Waals surface area contributed by atoms with E-state index in [0.717, 1.165) is 4.57 Å². The van der Waals surface area contributed by atoms with Gasteiger partial charge in [-0.25, -0.2) is 4.98 Å². The van der Waals surface area contributed by atoms with Crippen molar-refractivity contribution in [2.24, 2.45) is 0 Å². The number of hydrogen-bond acceptors (Lipinski definition) is 7. The smallest absolute Gasteiger partial charge is 0.304 e. The highest BCUT2D eigenvalue weighted by Gasteiger charge is 2.74.